The molecular weight excluding hydrogens is 320 g/mol. The van der Waals surface area contributed by atoms with Crippen LogP contribution in [0.2, 0.25) is 0 Å². The SMILES string of the molecule is CN(c1ccc2sc3ccccc3c2c1)S(=O)(=O)CC(N)=O. The average molecular weight is 334 g/mol. The van der Waals surface area contributed by atoms with Gasteiger partial charge in [-0.15, -0.1) is 11.3 Å². The molecule has 2 N–H and O–H groups in total. The van der Waals surface area contributed by atoms with E-state index >= 15 is 0 Å². The van der Waals surface area contributed by atoms with E-state index in [1.54, 1.807) is 17.4 Å². The molecule has 7 heteroatoms. The van der Waals surface area contributed by atoms with E-state index in [9.17, 15) is 13.2 Å². The fraction of sp³-hybridized carbons (Fsp3) is 0.133. The number of carbonyl (C=O) groups is 1. The number of nitrogens with two attached hydrogens (primary N) is 1. The summed E-state index contributed by atoms with van der Waals surface area (Å²) in [4.78, 5) is 10.9. The minimum absolute atomic E-state index is 0.511. The van der Waals surface area contributed by atoms with Crippen LogP contribution < -0.4 is 10.0 Å². The maximum absolute atomic E-state index is 12.1. The highest BCUT2D eigenvalue weighted by atomic mass is 32.2. The Morgan fingerprint density at radius 2 is 1.82 bits per heavy atom. The summed E-state index contributed by atoms with van der Waals surface area (Å²) in [6.07, 6.45) is 0. The molecule has 0 saturated carbocycles. The molecule has 0 fully saturated rings. The number of thiophene rings is 1. The number of hydrogen-bond acceptors (Lipinski definition) is 4. The molecule has 3 aromatic rings. The molecule has 0 radical (unpaired) electrons. The molecule has 1 amide bonds. The summed E-state index contributed by atoms with van der Waals surface area (Å²) in [6.45, 7) is 0. The topological polar surface area (TPSA) is 80.5 Å². The Morgan fingerprint density at radius 1 is 1.14 bits per heavy atom. The maximum Gasteiger partial charge on any atom is 0.244 e. The number of fused-ring (bicyclic) bond motifs is 3. The summed E-state index contributed by atoms with van der Waals surface area (Å²) < 4.78 is 27.6. The van der Waals surface area contributed by atoms with E-state index in [0.29, 0.717) is 5.69 Å². The third-order valence-electron chi connectivity index (χ3n) is 3.47. The third kappa shape index (κ3) is 2.53. The van der Waals surface area contributed by atoms with Gasteiger partial charge in [0, 0.05) is 27.2 Å². The average Bonchev–Trinajstić information content (AvgIpc) is 2.82. The zero-order chi connectivity index (χ0) is 15.9. The molecule has 1 aromatic heterocycles. The molecule has 0 atom stereocenters. The Kier molecular flexibility index (Phi) is 3.54. The van der Waals surface area contributed by atoms with Crippen molar-refractivity contribution in [3.05, 3.63) is 42.5 Å². The zero-order valence-electron chi connectivity index (χ0n) is 11.8. The standard InChI is InChI=1S/C15H14N2O3S2/c1-17(22(19,20)9-15(16)18)10-6-7-14-12(8-10)11-4-2-3-5-13(11)21-14/h2-8H,9H2,1H3,(H2,16,18). The molecule has 0 aliphatic carbocycles. The van der Waals surface area contributed by atoms with Crippen LogP contribution in [0.4, 0.5) is 5.69 Å². The molecule has 22 heavy (non-hydrogen) atoms. The first-order chi connectivity index (χ1) is 10.4. The van der Waals surface area contributed by atoms with Crippen LogP contribution in [-0.4, -0.2) is 27.1 Å². The monoisotopic (exact) mass is 334 g/mol. The first-order valence-electron chi connectivity index (χ1n) is 6.55. The second-order valence-electron chi connectivity index (χ2n) is 4.97. The zero-order valence-corrected chi connectivity index (χ0v) is 13.4. The highest BCUT2D eigenvalue weighted by molar-refractivity contribution is 7.93. The van der Waals surface area contributed by atoms with Gasteiger partial charge in [0.1, 0.15) is 5.75 Å². The van der Waals surface area contributed by atoms with Gasteiger partial charge in [-0.05, 0) is 24.3 Å². The van der Waals surface area contributed by atoms with E-state index < -0.39 is 21.7 Å². The minimum atomic E-state index is -3.76. The van der Waals surface area contributed by atoms with E-state index in [4.69, 9.17) is 5.73 Å². The highest BCUT2D eigenvalue weighted by Gasteiger charge is 2.21. The van der Waals surface area contributed by atoms with Crippen LogP contribution in [0.25, 0.3) is 20.2 Å². The van der Waals surface area contributed by atoms with Gasteiger partial charge in [0.05, 0.1) is 5.69 Å². The van der Waals surface area contributed by atoms with Crippen molar-refractivity contribution in [2.24, 2.45) is 5.73 Å². The summed E-state index contributed by atoms with van der Waals surface area (Å²) in [7, 11) is -2.33. The molecular formula is C15H14N2O3S2. The smallest absolute Gasteiger partial charge is 0.244 e. The number of anilines is 1. The molecule has 2 aromatic carbocycles. The highest BCUT2D eigenvalue weighted by Crippen LogP contribution is 2.36. The Labute approximate surface area is 132 Å². The van der Waals surface area contributed by atoms with Gasteiger partial charge >= 0.3 is 0 Å². The fourth-order valence-corrected chi connectivity index (χ4v) is 4.42. The van der Waals surface area contributed by atoms with Gasteiger partial charge in [-0.2, -0.15) is 0 Å². The predicted octanol–water partition coefficient (Wildman–Crippen LogP) is 2.31. The van der Waals surface area contributed by atoms with Crippen molar-refractivity contribution in [2.75, 3.05) is 17.1 Å². The number of nitrogens with zero attached hydrogens (tertiary/aromatic N) is 1. The lowest BCUT2D eigenvalue weighted by molar-refractivity contribution is -0.115. The van der Waals surface area contributed by atoms with Crippen LogP contribution >= 0.6 is 11.3 Å². The number of carbonyl (C=O) groups excluding carboxylic acids is 1. The van der Waals surface area contributed by atoms with Crippen molar-refractivity contribution in [2.45, 2.75) is 0 Å². The molecule has 0 aliphatic rings. The summed E-state index contributed by atoms with van der Waals surface area (Å²) in [5, 5.41) is 2.09. The van der Waals surface area contributed by atoms with Gasteiger partial charge in [0.2, 0.25) is 15.9 Å². The molecule has 0 saturated heterocycles. The lowest BCUT2D eigenvalue weighted by Gasteiger charge is -2.18. The molecule has 114 valence electrons. The summed E-state index contributed by atoms with van der Waals surface area (Å²) >= 11 is 1.66. The van der Waals surface area contributed by atoms with Crippen molar-refractivity contribution in [1.29, 1.82) is 0 Å². The molecule has 3 rings (SSSR count). The van der Waals surface area contributed by atoms with E-state index in [0.717, 1.165) is 24.5 Å². The summed E-state index contributed by atoms with van der Waals surface area (Å²) in [5.41, 5.74) is 5.51. The van der Waals surface area contributed by atoms with Crippen LogP contribution in [0.3, 0.4) is 0 Å². The van der Waals surface area contributed by atoms with E-state index in [2.05, 4.69) is 0 Å². The van der Waals surface area contributed by atoms with Crippen molar-refractivity contribution in [3.8, 4) is 0 Å². The van der Waals surface area contributed by atoms with Crippen LogP contribution in [0.15, 0.2) is 42.5 Å². The largest absolute Gasteiger partial charge is 0.369 e. The number of hydrogen-bond donors (Lipinski definition) is 1. The predicted molar refractivity (Wildman–Crippen MR) is 90.7 cm³/mol. The number of rotatable bonds is 4. The minimum Gasteiger partial charge on any atom is -0.369 e. The number of sulfonamides is 1. The second kappa shape index (κ2) is 5.26. The lowest BCUT2D eigenvalue weighted by Crippen LogP contribution is -2.34. The first kappa shape index (κ1) is 14.8. The number of benzene rings is 2. The molecule has 0 unspecified atom stereocenters. The van der Waals surface area contributed by atoms with Gasteiger partial charge in [-0.25, -0.2) is 8.42 Å². The van der Waals surface area contributed by atoms with Crippen molar-refractivity contribution in [3.63, 3.8) is 0 Å². The van der Waals surface area contributed by atoms with Crippen molar-refractivity contribution < 1.29 is 13.2 Å². The summed E-state index contributed by atoms with van der Waals surface area (Å²) in [6, 6.07) is 13.4. The molecule has 0 spiro atoms. The molecule has 0 aliphatic heterocycles. The molecule has 0 bridgehead atoms. The lowest BCUT2D eigenvalue weighted by atomic mass is 10.1. The van der Waals surface area contributed by atoms with Crippen LogP contribution in [0, 0.1) is 0 Å². The Morgan fingerprint density at radius 3 is 2.55 bits per heavy atom. The van der Waals surface area contributed by atoms with Gasteiger partial charge in [-0.1, -0.05) is 18.2 Å². The Balaban J connectivity index is 2.12. The van der Waals surface area contributed by atoms with Gasteiger partial charge < -0.3 is 5.73 Å². The van der Waals surface area contributed by atoms with Gasteiger partial charge in [0.25, 0.3) is 0 Å². The van der Waals surface area contributed by atoms with Crippen LogP contribution in [-0.2, 0) is 14.8 Å². The molecule has 1 heterocycles. The first-order valence-corrected chi connectivity index (χ1v) is 8.97. The van der Waals surface area contributed by atoms with E-state index in [1.807, 2.05) is 36.4 Å². The van der Waals surface area contributed by atoms with Crippen LogP contribution in [0.1, 0.15) is 0 Å². The molecule has 5 nitrogen and oxygen atoms in total. The van der Waals surface area contributed by atoms with Crippen molar-refractivity contribution in [1.82, 2.24) is 0 Å². The normalized spacial score (nSPS) is 11.9. The number of amides is 1. The maximum atomic E-state index is 12.1. The van der Waals surface area contributed by atoms with Crippen molar-refractivity contribution >= 4 is 53.1 Å². The van der Waals surface area contributed by atoms with Crippen LogP contribution in [0.5, 0.6) is 0 Å². The third-order valence-corrected chi connectivity index (χ3v) is 6.31. The van der Waals surface area contributed by atoms with E-state index in [-0.39, 0.29) is 0 Å². The van der Waals surface area contributed by atoms with Gasteiger partial charge in [0.15, 0.2) is 0 Å². The Hall–Kier alpha value is -2.12. The fourth-order valence-electron chi connectivity index (χ4n) is 2.35. The quantitative estimate of drug-likeness (QED) is 0.795. The second-order valence-corrected chi connectivity index (χ2v) is 8.05. The van der Waals surface area contributed by atoms with Gasteiger partial charge in [-0.3, -0.25) is 9.10 Å². The number of primary amides is 1. The van der Waals surface area contributed by atoms with E-state index in [1.165, 1.54) is 7.05 Å². The summed E-state index contributed by atoms with van der Waals surface area (Å²) in [5.74, 6) is -1.57. The Bertz CT molecular complexity index is 977.